The maximum Gasteiger partial charge on any atom is 0.135 e. The SMILES string of the molecule is CC1CCC(CCC(CCCC(=O)C(C)CCC(C)C2CCCCC2)[C@@H](C)I)CC1. The van der Waals surface area contributed by atoms with Crippen molar-refractivity contribution >= 4 is 28.4 Å². The van der Waals surface area contributed by atoms with E-state index in [0.29, 0.717) is 5.78 Å². The maximum absolute atomic E-state index is 12.7. The van der Waals surface area contributed by atoms with Crippen molar-refractivity contribution in [3.05, 3.63) is 0 Å². The summed E-state index contributed by atoms with van der Waals surface area (Å²) < 4.78 is 0.731. The Kier molecular flexibility index (Phi) is 12.9. The molecule has 1 nitrogen and oxygen atoms in total. The molecule has 2 heteroatoms. The van der Waals surface area contributed by atoms with Crippen molar-refractivity contribution in [2.75, 3.05) is 0 Å². The van der Waals surface area contributed by atoms with Gasteiger partial charge in [0, 0.05) is 16.3 Å². The molecule has 0 amide bonds. The number of hydrogen-bond acceptors (Lipinski definition) is 1. The third-order valence-electron chi connectivity index (χ3n) is 8.79. The fourth-order valence-corrected chi connectivity index (χ4v) is 6.79. The lowest BCUT2D eigenvalue weighted by Gasteiger charge is -2.28. The number of carbonyl (C=O) groups excluding carboxylic acids is 1. The largest absolute Gasteiger partial charge is 0.299 e. The minimum Gasteiger partial charge on any atom is -0.299 e. The van der Waals surface area contributed by atoms with Gasteiger partial charge in [-0.3, -0.25) is 4.79 Å². The van der Waals surface area contributed by atoms with Gasteiger partial charge in [0.05, 0.1) is 0 Å². The molecule has 2 fully saturated rings. The molecule has 0 aromatic heterocycles. The minimum absolute atomic E-state index is 0.274. The average molecular weight is 531 g/mol. The molecule has 30 heavy (non-hydrogen) atoms. The molecule has 0 radical (unpaired) electrons. The van der Waals surface area contributed by atoms with E-state index in [9.17, 15) is 4.79 Å². The summed E-state index contributed by atoms with van der Waals surface area (Å²) in [6, 6.07) is 0. The molecule has 2 saturated carbocycles. The fourth-order valence-electron chi connectivity index (χ4n) is 6.07. The fraction of sp³-hybridized carbons (Fsp3) is 0.964. The summed E-state index contributed by atoms with van der Waals surface area (Å²) in [7, 11) is 0. The highest BCUT2D eigenvalue weighted by Crippen LogP contribution is 2.35. The Morgan fingerprint density at radius 2 is 1.53 bits per heavy atom. The second-order valence-corrected chi connectivity index (χ2v) is 13.3. The summed E-state index contributed by atoms with van der Waals surface area (Å²) in [6.07, 6.45) is 21.3. The van der Waals surface area contributed by atoms with E-state index in [1.165, 1.54) is 83.5 Å². The first-order valence-corrected chi connectivity index (χ1v) is 14.8. The van der Waals surface area contributed by atoms with Gasteiger partial charge >= 0.3 is 0 Å². The number of alkyl halides is 1. The number of halogens is 1. The summed E-state index contributed by atoms with van der Waals surface area (Å²) in [5.41, 5.74) is 0. The van der Waals surface area contributed by atoms with Crippen molar-refractivity contribution in [1.82, 2.24) is 0 Å². The van der Waals surface area contributed by atoms with E-state index < -0.39 is 0 Å². The van der Waals surface area contributed by atoms with Crippen LogP contribution in [-0.2, 0) is 4.79 Å². The van der Waals surface area contributed by atoms with Crippen LogP contribution in [0.15, 0.2) is 0 Å². The third-order valence-corrected chi connectivity index (χ3v) is 9.81. The monoisotopic (exact) mass is 530 g/mol. The number of hydrogen-bond donors (Lipinski definition) is 0. The molecule has 0 saturated heterocycles. The molecule has 0 aromatic rings. The Bertz CT molecular complexity index is 459. The third kappa shape index (κ3) is 9.90. The normalized spacial score (nSPS) is 27.4. The topological polar surface area (TPSA) is 17.1 Å². The van der Waals surface area contributed by atoms with Gasteiger partial charge in [-0.15, -0.1) is 0 Å². The quantitative estimate of drug-likeness (QED) is 0.171. The summed E-state index contributed by atoms with van der Waals surface area (Å²) in [5, 5.41) is 0. The maximum atomic E-state index is 12.7. The van der Waals surface area contributed by atoms with E-state index in [0.717, 1.165) is 52.8 Å². The molecule has 0 N–H and O–H groups in total. The number of Topliss-reactive ketones (excluding diaryl/α,β-unsaturated/α-hetero) is 1. The van der Waals surface area contributed by atoms with Gasteiger partial charge in [-0.05, 0) is 61.7 Å². The molecular formula is C28H51IO. The molecule has 2 aliphatic carbocycles. The highest BCUT2D eigenvalue weighted by atomic mass is 127. The Morgan fingerprint density at radius 1 is 0.867 bits per heavy atom. The molecular weight excluding hydrogens is 479 g/mol. The molecule has 0 heterocycles. The zero-order valence-corrected chi connectivity index (χ0v) is 22.8. The van der Waals surface area contributed by atoms with Gasteiger partial charge < -0.3 is 0 Å². The lowest BCUT2D eigenvalue weighted by molar-refractivity contribution is -0.122. The van der Waals surface area contributed by atoms with Gasteiger partial charge in [0.25, 0.3) is 0 Å². The van der Waals surface area contributed by atoms with Crippen LogP contribution in [-0.4, -0.2) is 9.71 Å². The van der Waals surface area contributed by atoms with Crippen LogP contribution in [0.4, 0.5) is 0 Å². The smallest absolute Gasteiger partial charge is 0.135 e. The van der Waals surface area contributed by atoms with Gasteiger partial charge in [-0.25, -0.2) is 0 Å². The van der Waals surface area contributed by atoms with Gasteiger partial charge in [0.1, 0.15) is 5.78 Å². The molecule has 176 valence electrons. The lowest BCUT2D eigenvalue weighted by atomic mass is 9.78. The first-order valence-electron chi connectivity index (χ1n) is 13.5. The van der Waals surface area contributed by atoms with Gasteiger partial charge in [0.15, 0.2) is 0 Å². The van der Waals surface area contributed by atoms with Crippen LogP contribution in [0.2, 0.25) is 0 Å². The lowest BCUT2D eigenvalue weighted by Crippen LogP contribution is -2.19. The molecule has 0 bridgehead atoms. The van der Waals surface area contributed by atoms with Crippen LogP contribution in [0, 0.1) is 35.5 Å². The van der Waals surface area contributed by atoms with E-state index >= 15 is 0 Å². The van der Waals surface area contributed by atoms with Crippen LogP contribution in [0.1, 0.15) is 130 Å². The second kappa shape index (κ2) is 14.5. The predicted octanol–water partition coefficient (Wildman–Crippen LogP) is 9.40. The van der Waals surface area contributed by atoms with Crippen molar-refractivity contribution in [1.29, 1.82) is 0 Å². The first kappa shape index (κ1) is 26.7. The van der Waals surface area contributed by atoms with Crippen LogP contribution < -0.4 is 0 Å². The Balaban J connectivity index is 1.61. The number of rotatable bonds is 13. The van der Waals surface area contributed by atoms with Crippen molar-refractivity contribution in [2.24, 2.45) is 35.5 Å². The van der Waals surface area contributed by atoms with E-state index in [4.69, 9.17) is 0 Å². The highest BCUT2D eigenvalue weighted by Gasteiger charge is 2.23. The molecule has 0 spiro atoms. The van der Waals surface area contributed by atoms with Crippen molar-refractivity contribution in [3.8, 4) is 0 Å². The average Bonchev–Trinajstić information content (AvgIpc) is 2.75. The molecule has 0 aliphatic heterocycles. The van der Waals surface area contributed by atoms with Crippen molar-refractivity contribution in [2.45, 2.75) is 134 Å². The van der Waals surface area contributed by atoms with E-state index in [2.05, 4.69) is 50.3 Å². The van der Waals surface area contributed by atoms with Gasteiger partial charge in [-0.2, -0.15) is 0 Å². The molecule has 2 aliphatic rings. The zero-order valence-electron chi connectivity index (χ0n) is 20.6. The second-order valence-electron chi connectivity index (χ2n) is 11.4. The Hall–Kier alpha value is 0.400. The zero-order chi connectivity index (χ0) is 21.9. The molecule has 0 aromatic carbocycles. The van der Waals surface area contributed by atoms with Crippen LogP contribution >= 0.6 is 22.6 Å². The van der Waals surface area contributed by atoms with E-state index in [1.54, 1.807) is 0 Å². The summed E-state index contributed by atoms with van der Waals surface area (Å²) in [6.45, 7) is 9.43. The van der Waals surface area contributed by atoms with E-state index in [1.807, 2.05) is 0 Å². The summed E-state index contributed by atoms with van der Waals surface area (Å²) >= 11 is 2.63. The van der Waals surface area contributed by atoms with E-state index in [-0.39, 0.29) is 5.92 Å². The summed E-state index contributed by atoms with van der Waals surface area (Å²) in [5.74, 6) is 5.29. The van der Waals surface area contributed by atoms with Crippen molar-refractivity contribution in [3.63, 3.8) is 0 Å². The standard InChI is InChI=1S/C28H51IO/c1-21-13-17-25(18-14-21)19-20-27(24(4)29)11-8-12-28(30)23(3)16-15-22(2)26-9-6-5-7-10-26/h21-27H,5-20H2,1-4H3/t21?,22?,23?,24-,25?,27?/m1/s1. The van der Waals surface area contributed by atoms with Crippen LogP contribution in [0.5, 0.6) is 0 Å². The molecule has 3 unspecified atom stereocenters. The van der Waals surface area contributed by atoms with Gasteiger partial charge in [-0.1, -0.05) is 114 Å². The molecule has 2 rings (SSSR count). The van der Waals surface area contributed by atoms with Crippen LogP contribution in [0.3, 0.4) is 0 Å². The van der Waals surface area contributed by atoms with Crippen LogP contribution in [0.25, 0.3) is 0 Å². The van der Waals surface area contributed by atoms with Crippen molar-refractivity contribution < 1.29 is 4.79 Å². The first-order chi connectivity index (χ1) is 14.4. The minimum atomic E-state index is 0.274. The van der Waals surface area contributed by atoms with Gasteiger partial charge in [0.2, 0.25) is 0 Å². The number of carbonyl (C=O) groups is 1. The predicted molar refractivity (Wildman–Crippen MR) is 140 cm³/mol. The Labute approximate surface area is 202 Å². The molecule has 4 atom stereocenters. The Morgan fingerprint density at radius 3 is 2.17 bits per heavy atom. The highest BCUT2D eigenvalue weighted by molar-refractivity contribution is 14.1. The summed E-state index contributed by atoms with van der Waals surface area (Å²) in [4.78, 5) is 12.7. The number of ketones is 1.